The molecule has 194 valence electrons. The van der Waals surface area contributed by atoms with E-state index >= 15 is 0 Å². The van der Waals surface area contributed by atoms with E-state index in [1.807, 2.05) is 0 Å². The number of ether oxygens (including phenoxy) is 6. The molecular formula is C27H28N2O8. The Hall–Kier alpha value is -4.73. The molecule has 0 saturated heterocycles. The molecule has 3 rings (SSSR count). The number of hydrazone groups is 1. The van der Waals surface area contributed by atoms with Crippen molar-refractivity contribution < 1.29 is 38.0 Å². The first-order chi connectivity index (χ1) is 17.9. The highest BCUT2D eigenvalue weighted by molar-refractivity contribution is 5.93. The van der Waals surface area contributed by atoms with Crippen molar-refractivity contribution in [3.63, 3.8) is 0 Å². The van der Waals surface area contributed by atoms with Crippen LogP contribution < -0.4 is 33.8 Å². The summed E-state index contributed by atoms with van der Waals surface area (Å²) >= 11 is 0. The van der Waals surface area contributed by atoms with Crippen molar-refractivity contribution in [1.29, 1.82) is 0 Å². The SMILES string of the molecule is COc1ccc(CC(=O)NN=Cc2cccc(OC(=O)c3cc(OC)c(OC)c(OC)c3)c2)cc1OC. The van der Waals surface area contributed by atoms with E-state index in [0.29, 0.717) is 40.1 Å². The lowest BCUT2D eigenvalue weighted by Gasteiger charge is -2.13. The number of nitrogens with zero attached hydrogens (tertiary/aromatic N) is 1. The number of esters is 1. The standard InChI is InChI=1S/C27H28N2O8/c1-32-21-10-9-17(12-22(21)33-2)13-25(30)29-28-16-18-7-6-8-20(11-18)37-27(31)19-14-23(34-3)26(36-5)24(15-19)35-4/h6-12,14-16H,13H2,1-5H3,(H,29,30). The van der Waals surface area contributed by atoms with Crippen molar-refractivity contribution in [1.82, 2.24) is 5.43 Å². The number of rotatable bonds is 11. The van der Waals surface area contributed by atoms with Crippen molar-refractivity contribution in [2.24, 2.45) is 5.10 Å². The predicted octanol–water partition coefficient (Wildman–Crippen LogP) is 3.64. The molecule has 0 aliphatic heterocycles. The molecule has 0 atom stereocenters. The van der Waals surface area contributed by atoms with Gasteiger partial charge in [-0.15, -0.1) is 0 Å². The molecule has 0 aromatic heterocycles. The van der Waals surface area contributed by atoms with Crippen LogP contribution in [-0.4, -0.2) is 53.6 Å². The van der Waals surface area contributed by atoms with Crippen molar-refractivity contribution in [3.8, 4) is 34.5 Å². The van der Waals surface area contributed by atoms with Crippen LogP contribution in [0.15, 0.2) is 59.7 Å². The van der Waals surface area contributed by atoms with E-state index in [1.54, 1.807) is 49.6 Å². The summed E-state index contributed by atoms with van der Waals surface area (Å²) in [5, 5.41) is 3.99. The van der Waals surface area contributed by atoms with Gasteiger partial charge in [0.15, 0.2) is 23.0 Å². The maximum absolute atomic E-state index is 12.7. The van der Waals surface area contributed by atoms with Crippen LogP contribution in [-0.2, 0) is 11.2 Å². The summed E-state index contributed by atoms with van der Waals surface area (Å²) in [7, 11) is 7.47. The smallest absolute Gasteiger partial charge is 0.343 e. The molecule has 0 radical (unpaired) electrons. The zero-order valence-electron chi connectivity index (χ0n) is 21.2. The average molecular weight is 509 g/mol. The Morgan fingerprint density at radius 3 is 2.08 bits per heavy atom. The maximum Gasteiger partial charge on any atom is 0.343 e. The van der Waals surface area contributed by atoms with Crippen LogP contribution in [0.2, 0.25) is 0 Å². The quantitative estimate of drug-likeness (QED) is 0.181. The minimum absolute atomic E-state index is 0.101. The summed E-state index contributed by atoms with van der Waals surface area (Å²) in [6.45, 7) is 0. The zero-order valence-corrected chi connectivity index (χ0v) is 21.2. The fourth-order valence-electron chi connectivity index (χ4n) is 3.42. The van der Waals surface area contributed by atoms with E-state index in [4.69, 9.17) is 28.4 Å². The third-order valence-electron chi connectivity index (χ3n) is 5.18. The highest BCUT2D eigenvalue weighted by Gasteiger charge is 2.18. The summed E-state index contributed by atoms with van der Waals surface area (Å²) in [6, 6.07) is 14.9. The first kappa shape index (κ1) is 26.9. The topological polar surface area (TPSA) is 114 Å². The minimum atomic E-state index is -0.614. The van der Waals surface area contributed by atoms with Gasteiger partial charge in [0.1, 0.15) is 5.75 Å². The van der Waals surface area contributed by atoms with Gasteiger partial charge in [-0.25, -0.2) is 10.2 Å². The normalized spacial score (nSPS) is 10.5. The molecule has 0 aliphatic rings. The van der Waals surface area contributed by atoms with Gasteiger partial charge in [-0.3, -0.25) is 4.79 Å². The summed E-state index contributed by atoms with van der Waals surface area (Å²) in [4.78, 5) is 25.0. The maximum atomic E-state index is 12.7. The molecule has 0 spiro atoms. The number of hydrogen-bond donors (Lipinski definition) is 1. The van der Waals surface area contributed by atoms with Crippen LogP contribution in [0.1, 0.15) is 21.5 Å². The Bertz CT molecular complexity index is 1260. The second-order valence-electron chi connectivity index (χ2n) is 7.54. The van der Waals surface area contributed by atoms with Crippen molar-refractivity contribution in [2.75, 3.05) is 35.5 Å². The van der Waals surface area contributed by atoms with Crippen LogP contribution in [0, 0.1) is 0 Å². The second kappa shape index (κ2) is 12.8. The number of carbonyl (C=O) groups is 2. The van der Waals surface area contributed by atoms with Gasteiger partial charge in [0.2, 0.25) is 11.7 Å². The summed E-state index contributed by atoms with van der Waals surface area (Å²) in [6.07, 6.45) is 1.55. The second-order valence-corrected chi connectivity index (χ2v) is 7.54. The van der Waals surface area contributed by atoms with E-state index in [0.717, 1.165) is 5.56 Å². The Balaban J connectivity index is 1.64. The van der Waals surface area contributed by atoms with Gasteiger partial charge in [0, 0.05) is 0 Å². The van der Waals surface area contributed by atoms with Crippen LogP contribution in [0.5, 0.6) is 34.5 Å². The monoisotopic (exact) mass is 508 g/mol. The van der Waals surface area contributed by atoms with Gasteiger partial charge in [0.25, 0.3) is 0 Å². The number of carbonyl (C=O) groups excluding carboxylic acids is 2. The van der Waals surface area contributed by atoms with Gasteiger partial charge in [-0.05, 0) is 47.5 Å². The highest BCUT2D eigenvalue weighted by atomic mass is 16.5. The molecule has 0 unspecified atom stereocenters. The van der Waals surface area contributed by atoms with Gasteiger partial charge >= 0.3 is 5.97 Å². The summed E-state index contributed by atoms with van der Waals surface area (Å²) < 4.78 is 31.8. The molecule has 10 nitrogen and oxygen atoms in total. The lowest BCUT2D eigenvalue weighted by molar-refractivity contribution is -0.120. The molecule has 0 aliphatic carbocycles. The molecule has 37 heavy (non-hydrogen) atoms. The number of hydrogen-bond acceptors (Lipinski definition) is 9. The fraction of sp³-hybridized carbons (Fsp3) is 0.222. The molecule has 10 heteroatoms. The third kappa shape index (κ3) is 6.91. The van der Waals surface area contributed by atoms with Crippen LogP contribution in [0.3, 0.4) is 0 Å². The van der Waals surface area contributed by atoms with Gasteiger partial charge in [-0.1, -0.05) is 18.2 Å². The first-order valence-electron chi connectivity index (χ1n) is 11.1. The molecule has 1 amide bonds. The van der Waals surface area contributed by atoms with Crippen molar-refractivity contribution >= 4 is 18.1 Å². The molecule has 1 N–H and O–H groups in total. The van der Waals surface area contributed by atoms with Crippen molar-refractivity contribution in [2.45, 2.75) is 6.42 Å². The van der Waals surface area contributed by atoms with E-state index in [2.05, 4.69) is 10.5 Å². The Morgan fingerprint density at radius 1 is 0.784 bits per heavy atom. The Labute approximate surface area is 214 Å². The molecule has 0 fully saturated rings. The van der Waals surface area contributed by atoms with E-state index < -0.39 is 5.97 Å². The van der Waals surface area contributed by atoms with E-state index in [9.17, 15) is 9.59 Å². The predicted molar refractivity (Wildman–Crippen MR) is 136 cm³/mol. The number of amides is 1. The lowest BCUT2D eigenvalue weighted by Crippen LogP contribution is -2.19. The van der Waals surface area contributed by atoms with Gasteiger partial charge < -0.3 is 28.4 Å². The summed E-state index contributed by atoms with van der Waals surface area (Å²) in [5.41, 5.74) is 4.05. The van der Waals surface area contributed by atoms with E-state index in [1.165, 1.54) is 46.8 Å². The summed E-state index contributed by atoms with van der Waals surface area (Å²) in [5.74, 6) is 1.51. The molecule has 0 heterocycles. The highest BCUT2D eigenvalue weighted by Crippen LogP contribution is 2.38. The number of benzene rings is 3. The molecule has 0 saturated carbocycles. The molecule has 3 aromatic rings. The van der Waals surface area contributed by atoms with Crippen LogP contribution >= 0.6 is 0 Å². The fourth-order valence-corrected chi connectivity index (χ4v) is 3.42. The largest absolute Gasteiger partial charge is 0.493 e. The molecular weight excluding hydrogens is 480 g/mol. The molecule has 3 aromatic carbocycles. The minimum Gasteiger partial charge on any atom is -0.493 e. The first-order valence-corrected chi connectivity index (χ1v) is 11.1. The van der Waals surface area contributed by atoms with E-state index in [-0.39, 0.29) is 17.9 Å². The lowest BCUT2D eigenvalue weighted by atomic mass is 10.1. The van der Waals surface area contributed by atoms with Crippen molar-refractivity contribution in [3.05, 3.63) is 71.3 Å². The molecule has 0 bridgehead atoms. The Morgan fingerprint density at radius 2 is 1.46 bits per heavy atom. The van der Waals surface area contributed by atoms with Gasteiger partial charge in [-0.2, -0.15) is 5.10 Å². The Kier molecular flexibility index (Phi) is 9.31. The number of nitrogens with one attached hydrogen (secondary N) is 1. The van der Waals surface area contributed by atoms with Crippen LogP contribution in [0.25, 0.3) is 0 Å². The van der Waals surface area contributed by atoms with Gasteiger partial charge in [0.05, 0.1) is 53.7 Å². The zero-order chi connectivity index (χ0) is 26.8. The van der Waals surface area contributed by atoms with Crippen LogP contribution in [0.4, 0.5) is 0 Å². The number of methoxy groups -OCH3 is 5. The average Bonchev–Trinajstić information content (AvgIpc) is 2.92. The third-order valence-corrected chi connectivity index (χ3v) is 5.18.